The number of carboxylic acids is 1. The third-order valence-electron chi connectivity index (χ3n) is 3.83. The number of rotatable bonds is 5. The fourth-order valence-corrected chi connectivity index (χ4v) is 4.33. The van der Waals surface area contributed by atoms with Gasteiger partial charge in [0.05, 0.1) is 13.0 Å². The Balaban J connectivity index is 2.37. The molecule has 0 radical (unpaired) electrons. The molecule has 0 bridgehead atoms. The van der Waals surface area contributed by atoms with E-state index >= 15 is 0 Å². The number of ether oxygens (including phenoxy) is 1. The topological polar surface area (TPSA) is 114 Å². The number of carbonyl (C=O) groups excluding carboxylic acids is 1. The number of methoxy groups -OCH3 is 1. The van der Waals surface area contributed by atoms with Crippen molar-refractivity contribution in [2.24, 2.45) is 5.92 Å². The molecule has 0 aliphatic carbocycles. The van der Waals surface area contributed by atoms with Crippen molar-refractivity contribution in [3.63, 3.8) is 0 Å². The zero-order valence-electron chi connectivity index (χ0n) is 12.9. The summed E-state index contributed by atoms with van der Waals surface area (Å²) in [5.74, 6) is -2.53. The molecule has 0 saturated carbocycles. The quantitative estimate of drug-likeness (QED) is 0.795. The molecular formula is C14H19NO7S. The first-order valence-electron chi connectivity index (χ1n) is 7.25. The Morgan fingerprint density at radius 2 is 2.17 bits per heavy atom. The lowest BCUT2D eigenvalue weighted by atomic mass is 10.0. The van der Waals surface area contributed by atoms with Crippen molar-refractivity contribution >= 4 is 22.0 Å². The van der Waals surface area contributed by atoms with Gasteiger partial charge in [0.2, 0.25) is 15.8 Å². The van der Waals surface area contributed by atoms with Crippen molar-refractivity contribution in [1.29, 1.82) is 0 Å². The summed E-state index contributed by atoms with van der Waals surface area (Å²) in [5, 5.41) is 9.10. The van der Waals surface area contributed by atoms with E-state index in [-0.39, 0.29) is 35.9 Å². The molecule has 128 valence electrons. The molecule has 1 unspecified atom stereocenters. The van der Waals surface area contributed by atoms with Crippen LogP contribution >= 0.6 is 0 Å². The molecule has 23 heavy (non-hydrogen) atoms. The summed E-state index contributed by atoms with van der Waals surface area (Å²) in [5.41, 5.74) is 0. The first kappa shape index (κ1) is 17.5. The van der Waals surface area contributed by atoms with Gasteiger partial charge in [0.15, 0.2) is 0 Å². The molecule has 1 aliphatic rings. The minimum Gasteiger partial charge on any atom is -0.481 e. The van der Waals surface area contributed by atoms with E-state index in [0.717, 1.165) is 10.4 Å². The first-order valence-corrected chi connectivity index (χ1v) is 8.69. The lowest BCUT2D eigenvalue weighted by Gasteiger charge is -2.29. The molecule has 0 spiro atoms. The van der Waals surface area contributed by atoms with Crippen LogP contribution in [0, 0.1) is 5.92 Å². The molecule has 1 aromatic rings. The maximum absolute atomic E-state index is 12.8. The van der Waals surface area contributed by atoms with Gasteiger partial charge in [0.25, 0.3) is 0 Å². The van der Waals surface area contributed by atoms with Gasteiger partial charge in [0.1, 0.15) is 10.7 Å². The van der Waals surface area contributed by atoms with Gasteiger partial charge in [-0.2, -0.15) is 4.31 Å². The Hall–Kier alpha value is -1.87. The number of nitrogens with zero attached hydrogens (tertiary/aromatic N) is 1. The molecular weight excluding hydrogens is 326 g/mol. The molecule has 2 heterocycles. The van der Waals surface area contributed by atoms with E-state index in [9.17, 15) is 18.0 Å². The normalized spacial score (nSPS) is 19.5. The largest absolute Gasteiger partial charge is 0.481 e. The summed E-state index contributed by atoms with van der Waals surface area (Å²) in [7, 11) is -2.75. The molecule has 1 aliphatic heterocycles. The number of aryl methyl sites for hydroxylation is 1. The standard InChI is InChI=1S/C14H19NO7S/c1-3-10-12(7-11(22-10)14(18)21-2)23(19,20)15-6-4-5-9(8-15)13(16)17/h7,9H,3-6,8H2,1-2H3,(H,16,17). The number of carbonyl (C=O) groups is 2. The number of hydrogen-bond acceptors (Lipinski definition) is 6. The van der Waals surface area contributed by atoms with E-state index in [0.29, 0.717) is 12.8 Å². The second kappa shape index (κ2) is 6.71. The molecule has 8 nitrogen and oxygen atoms in total. The number of carboxylic acid groups (broad SMARTS) is 1. The zero-order valence-corrected chi connectivity index (χ0v) is 13.8. The number of piperidine rings is 1. The summed E-state index contributed by atoms with van der Waals surface area (Å²) < 4.78 is 36.5. The highest BCUT2D eigenvalue weighted by Crippen LogP contribution is 2.28. The number of aliphatic carboxylic acids is 1. The molecule has 9 heteroatoms. The van der Waals surface area contributed by atoms with Crippen LogP contribution in [0.5, 0.6) is 0 Å². The first-order chi connectivity index (χ1) is 10.8. The van der Waals surface area contributed by atoms with Gasteiger partial charge in [-0.1, -0.05) is 6.92 Å². The maximum atomic E-state index is 12.8. The highest BCUT2D eigenvalue weighted by Gasteiger charge is 2.36. The van der Waals surface area contributed by atoms with Crippen molar-refractivity contribution in [3.8, 4) is 0 Å². The molecule has 2 rings (SSSR count). The van der Waals surface area contributed by atoms with Crippen LogP contribution in [0.2, 0.25) is 0 Å². The second-order valence-electron chi connectivity index (χ2n) is 5.28. The SMILES string of the molecule is CCc1oc(C(=O)OC)cc1S(=O)(=O)N1CCCC(C(=O)O)C1. The van der Waals surface area contributed by atoms with Crippen molar-refractivity contribution in [3.05, 3.63) is 17.6 Å². The molecule has 0 aromatic carbocycles. The summed E-state index contributed by atoms with van der Waals surface area (Å²) in [4.78, 5) is 22.5. The fraction of sp³-hybridized carbons (Fsp3) is 0.571. The monoisotopic (exact) mass is 345 g/mol. The molecule has 1 aromatic heterocycles. The van der Waals surface area contributed by atoms with Crippen molar-refractivity contribution in [2.75, 3.05) is 20.2 Å². The number of esters is 1. The van der Waals surface area contributed by atoms with Crippen LogP contribution in [0.15, 0.2) is 15.4 Å². The third-order valence-corrected chi connectivity index (χ3v) is 5.74. The lowest BCUT2D eigenvalue weighted by Crippen LogP contribution is -2.42. The predicted octanol–water partition coefficient (Wildman–Crippen LogP) is 1.11. The van der Waals surface area contributed by atoms with Crippen LogP contribution in [0.25, 0.3) is 0 Å². The Kier molecular flexibility index (Phi) is 5.10. The smallest absolute Gasteiger partial charge is 0.373 e. The Labute approximate surface area is 134 Å². The summed E-state index contributed by atoms with van der Waals surface area (Å²) in [6, 6.07) is 1.14. The van der Waals surface area contributed by atoms with E-state index in [2.05, 4.69) is 4.74 Å². The number of furan rings is 1. The minimum absolute atomic E-state index is 0.0838. The van der Waals surface area contributed by atoms with Crippen molar-refractivity contribution in [1.82, 2.24) is 4.31 Å². The van der Waals surface area contributed by atoms with Crippen LogP contribution in [0.4, 0.5) is 0 Å². The van der Waals surface area contributed by atoms with Gasteiger partial charge in [-0.3, -0.25) is 4.79 Å². The summed E-state index contributed by atoms with van der Waals surface area (Å²) in [6.45, 7) is 1.86. The second-order valence-corrected chi connectivity index (χ2v) is 7.19. The maximum Gasteiger partial charge on any atom is 0.373 e. The van der Waals surface area contributed by atoms with Crippen LogP contribution in [-0.2, 0) is 26.0 Å². The average molecular weight is 345 g/mol. The number of hydrogen-bond donors (Lipinski definition) is 1. The van der Waals surface area contributed by atoms with E-state index in [4.69, 9.17) is 9.52 Å². The lowest BCUT2D eigenvalue weighted by molar-refractivity contribution is -0.142. The highest BCUT2D eigenvalue weighted by molar-refractivity contribution is 7.89. The van der Waals surface area contributed by atoms with Crippen LogP contribution in [0.1, 0.15) is 36.1 Å². The van der Waals surface area contributed by atoms with Crippen molar-refractivity contribution < 1.29 is 32.3 Å². The van der Waals surface area contributed by atoms with Crippen LogP contribution in [0.3, 0.4) is 0 Å². The van der Waals surface area contributed by atoms with Gasteiger partial charge < -0.3 is 14.3 Å². The zero-order chi connectivity index (χ0) is 17.2. The molecule has 1 N–H and O–H groups in total. The Morgan fingerprint density at radius 3 is 2.74 bits per heavy atom. The highest BCUT2D eigenvalue weighted by atomic mass is 32.2. The molecule has 1 saturated heterocycles. The third kappa shape index (κ3) is 3.40. The summed E-state index contributed by atoms with van der Waals surface area (Å²) in [6.07, 6.45) is 1.20. The van der Waals surface area contributed by atoms with Gasteiger partial charge in [-0.25, -0.2) is 13.2 Å². The van der Waals surface area contributed by atoms with Gasteiger partial charge in [-0.15, -0.1) is 0 Å². The van der Waals surface area contributed by atoms with Gasteiger partial charge in [-0.05, 0) is 12.8 Å². The number of sulfonamides is 1. The molecule has 1 fully saturated rings. The Morgan fingerprint density at radius 1 is 1.48 bits per heavy atom. The fourth-order valence-electron chi connectivity index (χ4n) is 2.58. The van der Waals surface area contributed by atoms with E-state index in [1.54, 1.807) is 6.92 Å². The minimum atomic E-state index is -3.92. The van der Waals surface area contributed by atoms with Crippen LogP contribution in [-0.4, -0.2) is 50.0 Å². The van der Waals surface area contributed by atoms with Crippen LogP contribution < -0.4 is 0 Å². The molecule has 1 atom stereocenters. The predicted molar refractivity (Wildman–Crippen MR) is 78.5 cm³/mol. The molecule has 0 amide bonds. The van der Waals surface area contributed by atoms with Crippen molar-refractivity contribution in [2.45, 2.75) is 31.1 Å². The van der Waals surface area contributed by atoms with Gasteiger partial charge in [0, 0.05) is 25.6 Å². The summed E-state index contributed by atoms with van der Waals surface area (Å²) >= 11 is 0. The van der Waals surface area contributed by atoms with E-state index in [1.165, 1.54) is 7.11 Å². The van der Waals surface area contributed by atoms with E-state index < -0.39 is 27.9 Å². The van der Waals surface area contributed by atoms with E-state index in [1.807, 2.05) is 0 Å². The average Bonchev–Trinajstić information content (AvgIpc) is 2.99. The Bertz CT molecular complexity index is 707. The van der Waals surface area contributed by atoms with Gasteiger partial charge >= 0.3 is 11.9 Å².